The fourth-order valence-corrected chi connectivity index (χ4v) is 13.9. The van der Waals surface area contributed by atoms with Gasteiger partial charge in [0.2, 0.25) is 0 Å². The highest BCUT2D eigenvalue weighted by molar-refractivity contribution is 14.1. The number of nitrogens with two attached hydrogens (primary N) is 1. The molecule has 5 heteroatoms. The van der Waals surface area contributed by atoms with Crippen molar-refractivity contribution in [3.8, 4) is 39.4 Å². The molecule has 2 N–H and O–H groups in total. The molecule has 1 unspecified atom stereocenters. The molecule has 15 rings (SSSR count). The number of rotatable bonds is 8. The summed E-state index contributed by atoms with van der Waals surface area (Å²) >= 11 is 2.59. The molecule has 1 aliphatic heterocycles. The van der Waals surface area contributed by atoms with Crippen molar-refractivity contribution >= 4 is 82.4 Å². The van der Waals surface area contributed by atoms with E-state index in [0.717, 1.165) is 51.6 Å². The Bertz CT molecular complexity index is 4440. The second-order valence-electron chi connectivity index (χ2n) is 20.3. The minimum atomic E-state index is -0.562. The van der Waals surface area contributed by atoms with Gasteiger partial charge in [0.15, 0.2) is 0 Å². The van der Waals surface area contributed by atoms with E-state index in [-0.39, 0.29) is 3.92 Å². The van der Waals surface area contributed by atoms with E-state index in [1.54, 1.807) is 0 Å². The van der Waals surface area contributed by atoms with Gasteiger partial charge in [-0.05, 0) is 125 Å². The third-order valence-corrected chi connectivity index (χ3v) is 17.2. The second-order valence-corrected chi connectivity index (χ2v) is 21.8. The number of hydrogen-bond acceptors (Lipinski definition) is 3. The molecule has 2 atom stereocenters. The van der Waals surface area contributed by atoms with E-state index in [9.17, 15) is 0 Å². The van der Waals surface area contributed by atoms with Gasteiger partial charge in [-0.1, -0.05) is 241 Å². The number of fused-ring (bicyclic) bond motifs is 18. The number of nitrogens with zero attached hydrogens (tertiary/aromatic N) is 2. The van der Waals surface area contributed by atoms with E-state index in [1.165, 1.54) is 93.1 Å². The van der Waals surface area contributed by atoms with Crippen LogP contribution in [-0.4, -0.2) is 14.2 Å². The highest BCUT2D eigenvalue weighted by Gasteiger charge is 2.51. The number of benzene rings is 12. The van der Waals surface area contributed by atoms with Gasteiger partial charge in [-0.25, -0.2) is 0 Å². The van der Waals surface area contributed by atoms with E-state index in [4.69, 9.17) is 15.5 Å². The Balaban J connectivity index is 0.764. The van der Waals surface area contributed by atoms with Gasteiger partial charge in [-0.15, -0.1) is 0 Å². The summed E-state index contributed by atoms with van der Waals surface area (Å²) < 4.78 is 9.05. The second kappa shape index (κ2) is 17.8. The maximum atomic E-state index is 7.14. The molecule has 1 aromatic heterocycles. The molecule has 0 fully saturated rings. The number of hydrogen-bond donors (Lipinski definition) is 1. The smallest absolute Gasteiger partial charge is 0.132 e. The standard InChI is InChI=1S/C71H48IN3O/c72-64(41-44-30-39-61-59(40-44)55-22-8-10-24-60(55)71(61)62-25-11-14-28-67(62)76-68-29-15-12-26-63(68)71)69(46-16-2-1-3-17-46)74-70(73)47-33-31-45(32-34-47)48-35-37-57-56-23-9-13-27-65(56)75(66(57)42-48)49-36-38-54-52-20-5-4-18-50(52)51-19-6-7-21-53(51)58(54)43-49/h1-40,42-43,64,70H,41,73H2/b74-69-/t64-,70?/m0/s1. The van der Waals surface area contributed by atoms with Gasteiger partial charge in [0.25, 0.3) is 0 Å². The van der Waals surface area contributed by atoms with Crippen molar-refractivity contribution in [1.82, 2.24) is 4.57 Å². The van der Waals surface area contributed by atoms with Crippen LogP contribution in [0.25, 0.3) is 82.1 Å². The number of para-hydroxylation sites is 3. The molecular formula is C71H48IN3O. The molecule has 0 radical (unpaired) electrons. The molecular weight excluding hydrogens is 1040 g/mol. The number of alkyl halides is 1. The van der Waals surface area contributed by atoms with Crippen molar-refractivity contribution in [2.45, 2.75) is 21.9 Å². The number of ether oxygens (including phenoxy) is 1. The van der Waals surface area contributed by atoms with Crippen LogP contribution < -0.4 is 10.5 Å². The summed E-state index contributed by atoms with van der Waals surface area (Å²) in [5.74, 6) is 1.80. The van der Waals surface area contributed by atoms with Crippen molar-refractivity contribution in [3.05, 3.63) is 294 Å². The first-order chi connectivity index (χ1) is 37.5. The van der Waals surface area contributed by atoms with Crippen molar-refractivity contribution in [1.29, 1.82) is 0 Å². The highest BCUT2D eigenvalue weighted by atomic mass is 127. The molecule has 0 saturated carbocycles. The lowest BCUT2D eigenvalue weighted by atomic mass is 9.66. The van der Waals surface area contributed by atoms with Crippen LogP contribution in [0.4, 0.5) is 0 Å². The van der Waals surface area contributed by atoms with Crippen LogP contribution in [0.3, 0.4) is 0 Å². The Morgan fingerprint density at radius 1 is 0.447 bits per heavy atom. The minimum absolute atomic E-state index is 0.0395. The maximum absolute atomic E-state index is 7.14. The number of aliphatic imine (C=N–C) groups is 1. The highest BCUT2D eigenvalue weighted by Crippen LogP contribution is 2.62. The summed E-state index contributed by atoms with van der Waals surface area (Å²) in [5, 5.41) is 10.1. The minimum Gasteiger partial charge on any atom is -0.457 e. The lowest BCUT2D eigenvalue weighted by molar-refractivity contribution is 0.436. The van der Waals surface area contributed by atoms with Crippen molar-refractivity contribution in [2.24, 2.45) is 10.7 Å². The van der Waals surface area contributed by atoms with Crippen LogP contribution in [0.2, 0.25) is 0 Å². The summed E-state index contributed by atoms with van der Waals surface area (Å²) in [6.07, 6.45) is 0.220. The fraction of sp³-hybridized carbons (Fsp3) is 0.0563. The summed E-state index contributed by atoms with van der Waals surface area (Å²) in [6, 6.07) is 92.5. The molecule has 0 saturated heterocycles. The van der Waals surface area contributed by atoms with Gasteiger partial charge in [0.1, 0.15) is 17.7 Å². The largest absolute Gasteiger partial charge is 0.457 e. The maximum Gasteiger partial charge on any atom is 0.132 e. The van der Waals surface area contributed by atoms with E-state index in [0.29, 0.717) is 0 Å². The zero-order chi connectivity index (χ0) is 50.5. The van der Waals surface area contributed by atoms with Gasteiger partial charge in [-0.3, -0.25) is 4.99 Å². The molecule has 2 aliphatic rings. The van der Waals surface area contributed by atoms with Crippen LogP contribution >= 0.6 is 22.6 Å². The van der Waals surface area contributed by atoms with Crippen LogP contribution in [0.15, 0.2) is 260 Å². The van der Waals surface area contributed by atoms with E-state index in [1.807, 2.05) is 0 Å². The van der Waals surface area contributed by atoms with Gasteiger partial charge >= 0.3 is 0 Å². The lowest BCUT2D eigenvalue weighted by Gasteiger charge is -2.39. The number of aromatic nitrogens is 1. The molecule has 1 spiro atoms. The van der Waals surface area contributed by atoms with Crippen LogP contribution in [0.5, 0.6) is 11.5 Å². The topological polar surface area (TPSA) is 52.5 Å². The summed E-state index contributed by atoms with van der Waals surface area (Å²) in [7, 11) is 0. The SMILES string of the molecule is NC(/N=C(/c1ccccc1)[C@@H](I)Cc1ccc2c(c1)-c1ccccc1C21c2ccccc2Oc2ccccc21)c1ccc(-c2ccc3c4ccccc4n(-c4ccc5c6ccccc6c6ccccc6c5c4)c3c2)cc1. The summed E-state index contributed by atoms with van der Waals surface area (Å²) in [5.41, 5.74) is 24.1. The van der Waals surface area contributed by atoms with Crippen molar-refractivity contribution in [2.75, 3.05) is 0 Å². The molecule has 76 heavy (non-hydrogen) atoms. The molecule has 12 aromatic carbocycles. The van der Waals surface area contributed by atoms with E-state index >= 15 is 0 Å². The zero-order valence-electron chi connectivity index (χ0n) is 41.4. The average Bonchev–Trinajstić information content (AvgIpc) is 4.19. The quantitative estimate of drug-likeness (QED) is 0.0713. The van der Waals surface area contributed by atoms with E-state index < -0.39 is 11.6 Å². The molecule has 13 aromatic rings. The van der Waals surface area contributed by atoms with Crippen LogP contribution in [0.1, 0.15) is 45.1 Å². The predicted molar refractivity (Wildman–Crippen MR) is 324 cm³/mol. The zero-order valence-corrected chi connectivity index (χ0v) is 43.5. The van der Waals surface area contributed by atoms with Crippen LogP contribution in [0, 0.1) is 0 Å². The molecule has 1 aliphatic carbocycles. The average molecular weight is 1090 g/mol. The molecule has 360 valence electrons. The Morgan fingerprint density at radius 3 is 1.70 bits per heavy atom. The van der Waals surface area contributed by atoms with Gasteiger partial charge in [0, 0.05) is 27.6 Å². The molecule has 0 bridgehead atoms. The third kappa shape index (κ3) is 6.89. The lowest BCUT2D eigenvalue weighted by Crippen LogP contribution is -2.32. The third-order valence-electron chi connectivity index (χ3n) is 16.2. The summed E-state index contributed by atoms with van der Waals surface area (Å²) in [4.78, 5) is 5.38. The van der Waals surface area contributed by atoms with Crippen LogP contribution in [-0.2, 0) is 11.8 Å². The van der Waals surface area contributed by atoms with Crippen molar-refractivity contribution < 1.29 is 4.74 Å². The first kappa shape index (κ1) is 44.8. The Labute approximate surface area is 454 Å². The van der Waals surface area contributed by atoms with Crippen molar-refractivity contribution in [3.63, 3.8) is 0 Å². The van der Waals surface area contributed by atoms with Gasteiger partial charge < -0.3 is 15.0 Å². The summed E-state index contributed by atoms with van der Waals surface area (Å²) in [6.45, 7) is 0. The molecule has 2 heterocycles. The normalized spacial score (nSPS) is 14.2. The Hall–Kier alpha value is -8.62. The fourth-order valence-electron chi connectivity index (χ4n) is 12.8. The van der Waals surface area contributed by atoms with Gasteiger partial charge in [0.05, 0.1) is 26.1 Å². The van der Waals surface area contributed by atoms with E-state index in [2.05, 4.69) is 282 Å². The Morgan fingerprint density at radius 2 is 0.987 bits per heavy atom. The first-order valence-corrected chi connectivity index (χ1v) is 27.4. The molecule has 0 amide bonds. The first-order valence-electron chi connectivity index (χ1n) is 26.1. The molecule has 4 nitrogen and oxygen atoms in total. The Kier molecular flexibility index (Phi) is 10.5. The predicted octanol–water partition coefficient (Wildman–Crippen LogP) is 17.9. The number of halogens is 1. The monoisotopic (exact) mass is 1090 g/mol. The van der Waals surface area contributed by atoms with Gasteiger partial charge in [-0.2, -0.15) is 0 Å².